The summed E-state index contributed by atoms with van der Waals surface area (Å²) in [7, 11) is 0. The van der Waals surface area contributed by atoms with Crippen LogP contribution in [0.25, 0.3) is 0 Å². The lowest BCUT2D eigenvalue weighted by atomic mass is 10.0. The molecule has 20 heavy (non-hydrogen) atoms. The summed E-state index contributed by atoms with van der Waals surface area (Å²) >= 11 is 1.41. The molecule has 106 valence electrons. The Balaban J connectivity index is 2.30. The van der Waals surface area contributed by atoms with Crippen molar-refractivity contribution in [2.45, 2.75) is 24.7 Å². The normalized spacial score (nSPS) is 11.7. The molecule has 0 saturated carbocycles. The van der Waals surface area contributed by atoms with E-state index in [0.29, 0.717) is 17.1 Å². The zero-order chi connectivity index (χ0) is 14.8. The smallest absolute Gasteiger partial charge is 0.231 e. The SMILES string of the molecule is CSc1ncc(C)c(Cc2cccc(C(F)(F)F)c2)n1. The Labute approximate surface area is 119 Å². The second-order valence-corrected chi connectivity index (χ2v) is 5.13. The summed E-state index contributed by atoms with van der Waals surface area (Å²) in [5.74, 6) is 0. The van der Waals surface area contributed by atoms with Gasteiger partial charge in [0.25, 0.3) is 0 Å². The second kappa shape index (κ2) is 5.83. The van der Waals surface area contributed by atoms with Crippen LogP contribution in [-0.4, -0.2) is 16.2 Å². The Hall–Kier alpha value is -1.56. The number of alkyl halides is 3. The Morgan fingerprint density at radius 2 is 2.00 bits per heavy atom. The second-order valence-electron chi connectivity index (χ2n) is 4.36. The van der Waals surface area contributed by atoms with Crippen molar-refractivity contribution in [3.8, 4) is 0 Å². The van der Waals surface area contributed by atoms with E-state index in [-0.39, 0.29) is 0 Å². The molecular formula is C14H13F3N2S. The van der Waals surface area contributed by atoms with Gasteiger partial charge < -0.3 is 0 Å². The van der Waals surface area contributed by atoms with Crippen LogP contribution in [0, 0.1) is 6.92 Å². The van der Waals surface area contributed by atoms with E-state index >= 15 is 0 Å². The lowest BCUT2D eigenvalue weighted by Crippen LogP contribution is -2.06. The number of hydrogen-bond donors (Lipinski definition) is 0. The molecule has 2 rings (SSSR count). The van der Waals surface area contributed by atoms with Gasteiger partial charge in [0.1, 0.15) is 0 Å². The molecule has 1 heterocycles. The van der Waals surface area contributed by atoms with Crippen molar-refractivity contribution in [1.29, 1.82) is 0 Å². The van der Waals surface area contributed by atoms with Gasteiger partial charge >= 0.3 is 6.18 Å². The number of rotatable bonds is 3. The number of aromatic nitrogens is 2. The van der Waals surface area contributed by atoms with E-state index in [1.54, 1.807) is 12.3 Å². The molecule has 2 nitrogen and oxygen atoms in total. The standard InChI is InChI=1S/C14H13F3N2S/c1-9-8-18-13(20-2)19-12(9)7-10-4-3-5-11(6-10)14(15,16)17/h3-6,8H,7H2,1-2H3. The summed E-state index contributed by atoms with van der Waals surface area (Å²) in [4.78, 5) is 8.48. The van der Waals surface area contributed by atoms with Crippen LogP contribution in [0.5, 0.6) is 0 Å². The number of benzene rings is 1. The summed E-state index contributed by atoms with van der Waals surface area (Å²) in [6.07, 6.45) is -0.395. The summed E-state index contributed by atoms with van der Waals surface area (Å²) in [6, 6.07) is 5.34. The first-order valence-electron chi connectivity index (χ1n) is 5.93. The van der Waals surface area contributed by atoms with E-state index in [2.05, 4.69) is 9.97 Å². The van der Waals surface area contributed by atoms with E-state index < -0.39 is 11.7 Å². The minimum absolute atomic E-state index is 0.367. The van der Waals surface area contributed by atoms with Crippen molar-refractivity contribution < 1.29 is 13.2 Å². The van der Waals surface area contributed by atoms with Gasteiger partial charge in [-0.1, -0.05) is 30.0 Å². The number of nitrogens with zero attached hydrogens (tertiary/aromatic N) is 2. The molecule has 0 fully saturated rings. The van der Waals surface area contributed by atoms with Crippen molar-refractivity contribution in [2.24, 2.45) is 0 Å². The van der Waals surface area contributed by atoms with Crippen LogP contribution in [0.4, 0.5) is 13.2 Å². The minimum Gasteiger partial charge on any atom is -0.231 e. The van der Waals surface area contributed by atoms with Crippen LogP contribution in [-0.2, 0) is 12.6 Å². The van der Waals surface area contributed by atoms with Gasteiger partial charge in [-0.2, -0.15) is 13.2 Å². The van der Waals surface area contributed by atoms with Crippen molar-refractivity contribution >= 4 is 11.8 Å². The van der Waals surface area contributed by atoms with Crippen LogP contribution in [0.3, 0.4) is 0 Å². The fourth-order valence-corrected chi connectivity index (χ4v) is 2.15. The zero-order valence-corrected chi connectivity index (χ0v) is 11.8. The van der Waals surface area contributed by atoms with E-state index in [4.69, 9.17) is 0 Å². The molecule has 0 radical (unpaired) electrons. The maximum Gasteiger partial charge on any atom is 0.416 e. The van der Waals surface area contributed by atoms with Crippen LogP contribution < -0.4 is 0 Å². The Kier molecular flexibility index (Phi) is 4.32. The highest BCUT2D eigenvalue weighted by Gasteiger charge is 2.30. The van der Waals surface area contributed by atoms with Gasteiger partial charge in [-0.05, 0) is 30.4 Å². The monoisotopic (exact) mass is 298 g/mol. The summed E-state index contributed by atoms with van der Waals surface area (Å²) in [6.45, 7) is 1.85. The molecule has 0 N–H and O–H groups in total. The molecule has 1 aromatic carbocycles. The topological polar surface area (TPSA) is 25.8 Å². The summed E-state index contributed by atoms with van der Waals surface area (Å²) in [5, 5.41) is 0.623. The molecule has 0 atom stereocenters. The van der Waals surface area contributed by atoms with Gasteiger partial charge in [-0.25, -0.2) is 9.97 Å². The average Bonchev–Trinajstić information content (AvgIpc) is 2.41. The van der Waals surface area contributed by atoms with Crippen LogP contribution in [0.15, 0.2) is 35.6 Å². The maximum atomic E-state index is 12.7. The highest BCUT2D eigenvalue weighted by molar-refractivity contribution is 7.98. The first-order chi connectivity index (χ1) is 9.40. The fraction of sp³-hybridized carbons (Fsp3) is 0.286. The predicted octanol–water partition coefficient (Wildman–Crippen LogP) is 4.12. The molecule has 0 amide bonds. The lowest BCUT2D eigenvalue weighted by molar-refractivity contribution is -0.137. The third kappa shape index (κ3) is 3.50. The fourth-order valence-electron chi connectivity index (χ4n) is 1.79. The molecule has 0 spiro atoms. The Bertz CT molecular complexity index is 612. The molecular weight excluding hydrogens is 285 g/mol. The molecule has 0 aliphatic carbocycles. The minimum atomic E-state index is -4.32. The zero-order valence-electron chi connectivity index (χ0n) is 11.0. The third-order valence-electron chi connectivity index (χ3n) is 2.86. The van der Waals surface area contributed by atoms with Gasteiger partial charge in [0, 0.05) is 12.6 Å². The Morgan fingerprint density at radius 3 is 2.65 bits per heavy atom. The molecule has 0 saturated heterocycles. The summed E-state index contributed by atoms with van der Waals surface area (Å²) in [5.41, 5.74) is 1.59. The largest absolute Gasteiger partial charge is 0.416 e. The highest BCUT2D eigenvalue weighted by Crippen LogP contribution is 2.30. The quantitative estimate of drug-likeness (QED) is 0.630. The van der Waals surface area contributed by atoms with Gasteiger partial charge in [-0.15, -0.1) is 0 Å². The van der Waals surface area contributed by atoms with Crippen LogP contribution in [0.1, 0.15) is 22.4 Å². The highest BCUT2D eigenvalue weighted by atomic mass is 32.2. The number of aryl methyl sites for hydroxylation is 1. The van der Waals surface area contributed by atoms with E-state index in [0.717, 1.165) is 17.3 Å². The van der Waals surface area contributed by atoms with E-state index in [1.165, 1.54) is 23.9 Å². The number of thioether (sulfide) groups is 1. The van der Waals surface area contributed by atoms with Crippen molar-refractivity contribution in [3.05, 3.63) is 52.8 Å². The van der Waals surface area contributed by atoms with Gasteiger partial charge in [0.15, 0.2) is 5.16 Å². The molecule has 0 aliphatic heterocycles. The third-order valence-corrected chi connectivity index (χ3v) is 3.42. The molecule has 0 bridgehead atoms. The van der Waals surface area contributed by atoms with Crippen molar-refractivity contribution in [2.75, 3.05) is 6.26 Å². The van der Waals surface area contributed by atoms with Gasteiger partial charge in [-0.3, -0.25) is 0 Å². The Morgan fingerprint density at radius 1 is 1.25 bits per heavy atom. The van der Waals surface area contributed by atoms with Crippen molar-refractivity contribution in [1.82, 2.24) is 9.97 Å². The van der Waals surface area contributed by atoms with Crippen LogP contribution in [0.2, 0.25) is 0 Å². The molecule has 0 aliphatic rings. The summed E-state index contributed by atoms with van der Waals surface area (Å²) < 4.78 is 38.0. The molecule has 1 aromatic heterocycles. The van der Waals surface area contributed by atoms with E-state index in [1.807, 2.05) is 13.2 Å². The first-order valence-corrected chi connectivity index (χ1v) is 7.15. The average molecular weight is 298 g/mol. The van der Waals surface area contributed by atoms with E-state index in [9.17, 15) is 13.2 Å². The van der Waals surface area contributed by atoms with Crippen LogP contribution >= 0.6 is 11.8 Å². The molecule has 2 aromatic rings. The maximum absolute atomic E-state index is 12.7. The molecule has 0 unspecified atom stereocenters. The number of halogens is 3. The van der Waals surface area contributed by atoms with Gasteiger partial charge in [0.05, 0.1) is 11.3 Å². The molecule has 6 heteroatoms. The van der Waals surface area contributed by atoms with Gasteiger partial charge in [0.2, 0.25) is 0 Å². The van der Waals surface area contributed by atoms with Crippen molar-refractivity contribution in [3.63, 3.8) is 0 Å². The first kappa shape index (κ1) is 14.8. The predicted molar refractivity (Wildman–Crippen MR) is 72.8 cm³/mol. The number of hydrogen-bond acceptors (Lipinski definition) is 3. The lowest BCUT2D eigenvalue weighted by Gasteiger charge is -2.10.